The number of halogens is 1. The van der Waals surface area contributed by atoms with Gasteiger partial charge in [0.1, 0.15) is 4.90 Å². The van der Waals surface area contributed by atoms with Crippen molar-refractivity contribution >= 4 is 33.2 Å². The zero-order valence-electron chi connectivity index (χ0n) is 11.7. The minimum absolute atomic E-state index is 0.0521. The highest BCUT2D eigenvalue weighted by Crippen LogP contribution is 2.23. The first-order valence-electron chi connectivity index (χ1n) is 6.65. The molecule has 1 aromatic rings. The van der Waals surface area contributed by atoms with Crippen LogP contribution in [0.3, 0.4) is 0 Å². The summed E-state index contributed by atoms with van der Waals surface area (Å²) >= 11 is 5.92. The van der Waals surface area contributed by atoms with Crippen LogP contribution < -0.4 is 10.5 Å². The van der Waals surface area contributed by atoms with E-state index >= 15 is 0 Å². The van der Waals surface area contributed by atoms with Crippen molar-refractivity contribution in [1.82, 2.24) is 9.62 Å². The summed E-state index contributed by atoms with van der Waals surface area (Å²) in [6.07, 6.45) is 1.35. The Morgan fingerprint density at radius 1 is 1.48 bits per heavy atom. The third-order valence-electron chi connectivity index (χ3n) is 3.27. The van der Waals surface area contributed by atoms with Crippen LogP contribution in [0.2, 0.25) is 5.02 Å². The SMILES string of the molecule is CC(CN1CCCC1=O)NS(=O)(=O)c1cc(N)ccc1Cl. The van der Waals surface area contributed by atoms with Gasteiger partial charge in [0.05, 0.1) is 5.02 Å². The molecule has 0 spiro atoms. The van der Waals surface area contributed by atoms with Crippen molar-refractivity contribution < 1.29 is 13.2 Å². The monoisotopic (exact) mass is 331 g/mol. The van der Waals surface area contributed by atoms with E-state index in [1.165, 1.54) is 18.2 Å². The van der Waals surface area contributed by atoms with Gasteiger partial charge in [-0.3, -0.25) is 4.79 Å². The van der Waals surface area contributed by atoms with Crippen molar-refractivity contribution in [3.05, 3.63) is 23.2 Å². The lowest BCUT2D eigenvalue weighted by Gasteiger charge is -2.21. The number of nitrogens with zero attached hydrogens (tertiary/aromatic N) is 1. The largest absolute Gasteiger partial charge is 0.399 e. The molecule has 0 radical (unpaired) electrons. The molecule has 8 heteroatoms. The molecule has 1 aliphatic heterocycles. The van der Waals surface area contributed by atoms with Crippen LogP contribution in [0, 0.1) is 0 Å². The Morgan fingerprint density at radius 2 is 2.19 bits per heavy atom. The Hall–Kier alpha value is -1.31. The number of hydrogen-bond donors (Lipinski definition) is 2. The molecule has 0 bridgehead atoms. The number of carbonyl (C=O) groups is 1. The van der Waals surface area contributed by atoms with Crippen molar-refractivity contribution in [2.45, 2.75) is 30.7 Å². The third-order valence-corrected chi connectivity index (χ3v) is 5.34. The Bertz CT molecular complexity index is 648. The molecule has 1 atom stereocenters. The number of anilines is 1. The number of sulfonamides is 1. The van der Waals surface area contributed by atoms with Gasteiger partial charge >= 0.3 is 0 Å². The van der Waals surface area contributed by atoms with Crippen molar-refractivity contribution in [1.29, 1.82) is 0 Å². The normalized spacial score (nSPS) is 17.2. The lowest BCUT2D eigenvalue weighted by atomic mass is 10.3. The van der Waals surface area contributed by atoms with Crippen LogP contribution in [0.5, 0.6) is 0 Å². The first kappa shape index (κ1) is 16.1. The van der Waals surface area contributed by atoms with E-state index in [9.17, 15) is 13.2 Å². The van der Waals surface area contributed by atoms with Gasteiger partial charge in [0.2, 0.25) is 15.9 Å². The van der Waals surface area contributed by atoms with Crippen molar-refractivity contribution in [3.63, 3.8) is 0 Å². The Balaban J connectivity index is 2.09. The first-order chi connectivity index (χ1) is 9.79. The zero-order valence-corrected chi connectivity index (χ0v) is 13.2. The lowest BCUT2D eigenvalue weighted by molar-refractivity contribution is -0.127. The minimum atomic E-state index is -3.77. The van der Waals surface area contributed by atoms with Crippen molar-refractivity contribution in [2.24, 2.45) is 0 Å². The topological polar surface area (TPSA) is 92.5 Å². The average molecular weight is 332 g/mol. The molecule has 0 aromatic heterocycles. The van der Waals surface area contributed by atoms with Crippen LogP contribution in [0.1, 0.15) is 19.8 Å². The number of benzene rings is 1. The molecule has 0 saturated carbocycles. The molecule has 6 nitrogen and oxygen atoms in total. The second-order valence-electron chi connectivity index (χ2n) is 5.16. The Kier molecular flexibility index (Phi) is 4.75. The van der Waals surface area contributed by atoms with E-state index in [1.54, 1.807) is 11.8 Å². The van der Waals surface area contributed by atoms with Gasteiger partial charge in [0.25, 0.3) is 0 Å². The van der Waals surface area contributed by atoms with E-state index in [4.69, 9.17) is 17.3 Å². The van der Waals surface area contributed by atoms with Gasteiger partial charge in [-0.05, 0) is 31.5 Å². The summed E-state index contributed by atoms with van der Waals surface area (Å²) in [6.45, 7) is 2.73. The fourth-order valence-corrected chi connectivity index (χ4v) is 4.09. The Morgan fingerprint density at radius 3 is 2.81 bits per heavy atom. The number of rotatable bonds is 5. The molecular weight excluding hydrogens is 314 g/mol. The smallest absolute Gasteiger partial charge is 0.242 e. The molecule has 2 rings (SSSR count). The summed E-state index contributed by atoms with van der Waals surface area (Å²) in [4.78, 5) is 13.2. The second kappa shape index (κ2) is 6.21. The van der Waals surface area contributed by atoms with E-state index in [0.717, 1.165) is 6.42 Å². The zero-order chi connectivity index (χ0) is 15.6. The van der Waals surface area contributed by atoms with Crippen LogP contribution in [-0.2, 0) is 14.8 Å². The van der Waals surface area contributed by atoms with Gasteiger partial charge in [-0.15, -0.1) is 0 Å². The summed E-state index contributed by atoms with van der Waals surface area (Å²) in [6, 6.07) is 3.89. The molecule has 0 aliphatic carbocycles. The molecule has 1 aliphatic rings. The average Bonchev–Trinajstić information content (AvgIpc) is 2.77. The molecule has 1 aromatic carbocycles. The molecule has 1 saturated heterocycles. The Labute approximate surface area is 129 Å². The third kappa shape index (κ3) is 3.87. The van der Waals surface area contributed by atoms with Gasteiger partial charge < -0.3 is 10.6 Å². The predicted octanol–water partition coefficient (Wildman–Crippen LogP) is 1.21. The van der Waals surface area contributed by atoms with E-state index in [2.05, 4.69) is 4.72 Å². The number of likely N-dealkylation sites (tertiary alicyclic amines) is 1. The van der Waals surface area contributed by atoms with E-state index in [1.807, 2.05) is 0 Å². The summed E-state index contributed by atoms with van der Waals surface area (Å²) in [5, 5.41) is 0.112. The van der Waals surface area contributed by atoms with Gasteiger partial charge in [0, 0.05) is 31.2 Å². The highest BCUT2D eigenvalue weighted by Gasteiger charge is 2.25. The van der Waals surface area contributed by atoms with Crippen LogP contribution in [0.4, 0.5) is 5.69 Å². The highest BCUT2D eigenvalue weighted by atomic mass is 35.5. The van der Waals surface area contributed by atoms with Gasteiger partial charge in [0.15, 0.2) is 0 Å². The fraction of sp³-hybridized carbons (Fsp3) is 0.462. The molecule has 1 heterocycles. The van der Waals surface area contributed by atoms with Crippen LogP contribution >= 0.6 is 11.6 Å². The van der Waals surface area contributed by atoms with Crippen molar-refractivity contribution in [2.75, 3.05) is 18.8 Å². The summed E-state index contributed by atoms with van der Waals surface area (Å²) < 4.78 is 27.2. The standard InChI is InChI=1S/C13H18ClN3O3S/c1-9(8-17-6-2-3-13(17)18)16-21(19,20)12-7-10(15)4-5-11(12)14/h4-5,7,9,16H,2-3,6,8,15H2,1H3. The van der Waals surface area contributed by atoms with Gasteiger partial charge in [-0.1, -0.05) is 11.6 Å². The highest BCUT2D eigenvalue weighted by molar-refractivity contribution is 7.89. The first-order valence-corrected chi connectivity index (χ1v) is 8.51. The number of nitrogens with one attached hydrogen (secondary N) is 1. The number of carbonyl (C=O) groups excluding carboxylic acids is 1. The minimum Gasteiger partial charge on any atom is -0.399 e. The molecule has 116 valence electrons. The van der Waals surface area contributed by atoms with Crippen LogP contribution in [-0.4, -0.2) is 38.4 Å². The maximum absolute atomic E-state index is 12.3. The number of amides is 1. The number of nitrogen functional groups attached to an aromatic ring is 1. The van der Waals surface area contributed by atoms with E-state index in [0.29, 0.717) is 25.2 Å². The molecule has 3 N–H and O–H groups in total. The fourth-order valence-electron chi connectivity index (χ4n) is 2.32. The van der Waals surface area contributed by atoms with E-state index in [-0.39, 0.29) is 15.8 Å². The summed E-state index contributed by atoms with van der Waals surface area (Å²) in [7, 11) is -3.77. The van der Waals surface area contributed by atoms with Gasteiger partial charge in [-0.2, -0.15) is 0 Å². The molecule has 1 fully saturated rings. The van der Waals surface area contributed by atoms with Gasteiger partial charge in [-0.25, -0.2) is 13.1 Å². The molecular formula is C13H18ClN3O3S. The van der Waals surface area contributed by atoms with Crippen molar-refractivity contribution in [3.8, 4) is 0 Å². The quantitative estimate of drug-likeness (QED) is 0.793. The molecule has 1 unspecified atom stereocenters. The molecule has 21 heavy (non-hydrogen) atoms. The molecule has 1 amide bonds. The lowest BCUT2D eigenvalue weighted by Crippen LogP contribution is -2.42. The summed E-state index contributed by atoms with van der Waals surface area (Å²) in [5.41, 5.74) is 5.92. The predicted molar refractivity (Wildman–Crippen MR) is 81.5 cm³/mol. The maximum atomic E-state index is 12.3. The van der Waals surface area contributed by atoms with Crippen LogP contribution in [0.15, 0.2) is 23.1 Å². The van der Waals surface area contributed by atoms with Crippen LogP contribution in [0.25, 0.3) is 0 Å². The van der Waals surface area contributed by atoms with E-state index < -0.39 is 16.1 Å². The maximum Gasteiger partial charge on any atom is 0.242 e. The number of hydrogen-bond acceptors (Lipinski definition) is 4. The second-order valence-corrected chi connectivity index (χ2v) is 7.25. The number of nitrogens with two attached hydrogens (primary N) is 1. The summed E-state index contributed by atoms with van der Waals surface area (Å²) in [5.74, 6) is 0.0584.